The Bertz CT molecular complexity index is 475. The standard InChI is InChI=1S/C14H22N4O2/c1-9(2)16-14(20)13-11(8-15-18-13)17-12(19)7-10-5-3-4-6-10/h8-10H,3-7H2,1-2H3,(H,15,18)(H,16,20)(H,17,19). The predicted octanol–water partition coefficient (Wildman–Crippen LogP) is 2.07. The lowest BCUT2D eigenvalue weighted by atomic mass is 10.0. The maximum atomic E-state index is 12.0. The Kier molecular flexibility index (Phi) is 4.76. The molecule has 2 amide bonds. The molecule has 0 atom stereocenters. The third-order valence-electron chi connectivity index (χ3n) is 3.51. The fourth-order valence-electron chi connectivity index (χ4n) is 2.57. The molecule has 0 aromatic carbocycles. The number of hydrogen-bond donors (Lipinski definition) is 3. The number of nitrogens with zero attached hydrogens (tertiary/aromatic N) is 1. The van der Waals surface area contributed by atoms with Crippen molar-refractivity contribution in [2.45, 2.75) is 52.0 Å². The fourth-order valence-corrected chi connectivity index (χ4v) is 2.57. The van der Waals surface area contributed by atoms with Gasteiger partial charge in [-0.2, -0.15) is 5.10 Å². The van der Waals surface area contributed by atoms with Gasteiger partial charge in [0.25, 0.3) is 5.91 Å². The molecule has 0 saturated heterocycles. The van der Waals surface area contributed by atoms with E-state index >= 15 is 0 Å². The first kappa shape index (κ1) is 14.6. The topological polar surface area (TPSA) is 86.9 Å². The van der Waals surface area contributed by atoms with E-state index in [1.165, 1.54) is 19.0 Å². The van der Waals surface area contributed by atoms with Gasteiger partial charge in [-0.1, -0.05) is 12.8 Å². The molecule has 1 aromatic heterocycles. The van der Waals surface area contributed by atoms with Crippen molar-refractivity contribution in [1.29, 1.82) is 0 Å². The molecule has 1 aliphatic rings. The van der Waals surface area contributed by atoms with Crippen molar-refractivity contribution in [1.82, 2.24) is 15.5 Å². The van der Waals surface area contributed by atoms with E-state index in [1.54, 1.807) is 0 Å². The largest absolute Gasteiger partial charge is 0.348 e. The summed E-state index contributed by atoms with van der Waals surface area (Å²) in [5.41, 5.74) is 0.754. The monoisotopic (exact) mass is 278 g/mol. The molecule has 0 unspecified atom stereocenters. The van der Waals surface area contributed by atoms with Crippen LogP contribution in [-0.2, 0) is 4.79 Å². The summed E-state index contributed by atoms with van der Waals surface area (Å²) in [4.78, 5) is 23.9. The van der Waals surface area contributed by atoms with Gasteiger partial charge in [0.2, 0.25) is 5.91 Å². The zero-order valence-corrected chi connectivity index (χ0v) is 12.0. The predicted molar refractivity (Wildman–Crippen MR) is 76.4 cm³/mol. The van der Waals surface area contributed by atoms with Crippen LogP contribution in [0.25, 0.3) is 0 Å². The zero-order chi connectivity index (χ0) is 14.5. The smallest absolute Gasteiger partial charge is 0.271 e. The average molecular weight is 278 g/mol. The average Bonchev–Trinajstić information content (AvgIpc) is 2.99. The number of aromatic nitrogens is 2. The highest BCUT2D eigenvalue weighted by atomic mass is 16.2. The lowest BCUT2D eigenvalue weighted by Gasteiger charge is -2.11. The minimum atomic E-state index is -0.256. The van der Waals surface area contributed by atoms with Gasteiger partial charge in [-0.05, 0) is 32.6 Å². The summed E-state index contributed by atoms with van der Waals surface area (Å²) >= 11 is 0. The number of carbonyl (C=O) groups is 2. The number of aromatic amines is 1. The second kappa shape index (κ2) is 6.54. The van der Waals surface area contributed by atoms with Crippen molar-refractivity contribution in [3.05, 3.63) is 11.9 Å². The Hall–Kier alpha value is -1.85. The summed E-state index contributed by atoms with van der Waals surface area (Å²) in [7, 11) is 0. The Morgan fingerprint density at radius 2 is 2.10 bits per heavy atom. The second-order valence-corrected chi connectivity index (χ2v) is 5.69. The van der Waals surface area contributed by atoms with E-state index in [2.05, 4.69) is 20.8 Å². The van der Waals surface area contributed by atoms with Crippen LogP contribution in [0.1, 0.15) is 56.4 Å². The normalized spacial score (nSPS) is 15.6. The molecule has 6 heteroatoms. The summed E-state index contributed by atoms with van der Waals surface area (Å²) in [6.45, 7) is 3.76. The van der Waals surface area contributed by atoms with E-state index in [9.17, 15) is 9.59 Å². The van der Waals surface area contributed by atoms with Gasteiger partial charge < -0.3 is 10.6 Å². The van der Waals surface area contributed by atoms with Gasteiger partial charge in [-0.15, -0.1) is 0 Å². The van der Waals surface area contributed by atoms with Gasteiger partial charge in [0.15, 0.2) is 0 Å². The van der Waals surface area contributed by atoms with Crippen LogP contribution in [0.15, 0.2) is 6.20 Å². The molecule has 1 aliphatic carbocycles. The third-order valence-corrected chi connectivity index (χ3v) is 3.51. The first-order valence-electron chi connectivity index (χ1n) is 7.20. The van der Waals surface area contributed by atoms with Crippen LogP contribution in [0, 0.1) is 5.92 Å². The molecular formula is C14H22N4O2. The highest BCUT2D eigenvalue weighted by Gasteiger charge is 2.21. The Morgan fingerprint density at radius 3 is 2.75 bits per heavy atom. The van der Waals surface area contributed by atoms with Crippen molar-refractivity contribution < 1.29 is 9.59 Å². The van der Waals surface area contributed by atoms with E-state index in [0.717, 1.165) is 12.8 Å². The minimum absolute atomic E-state index is 0.0350. The van der Waals surface area contributed by atoms with E-state index in [4.69, 9.17) is 0 Å². The summed E-state index contributed by atoms with van der Waals surface area (Å²) in [5, 5.41) is 12.0. The van der Waals surface area contributed by atoms with Gasteiger partial charge in [0, 0.05) is 12.5 Å². The molecule has 0 radical (unpaired) electrons. The number of rotatable bonds is 5. The van der Waals surface area contributed by atoms with Crippen LogP contribution in [0.2, 0.25) is 0 Å². The summed E-state index contributed by atoms with van der Waals surface area (Å²) in [6.07, 6.45) is 6.68. The molecular weight excluding hydrogens is 256 g/mol. The zero-order valence-electron chi connectivity index (χ0n) is 12.0. The molecule has 3 N–H and O–H groups in total. The van der Waals surface area contributed by atoms with Gasteiger partial charge in [-0.25, -0.2) is 0 Å². The Labute approximate surface area is 118 Å². The Morgan fingerprint density at radius 1 is 1.40 bits per heavy atom. The molecule has 1 aromatic rings. The molecule has 0 spiro atoms. The van der Waals surface area contributed by atoms with Crippen LogP contribution in [0.4, 0.5) is 5.69 Å². The summed E-state index contributed by atoms with van der Waals surface area (Å²) in [5.74, 6) is 0.181. The molecule has 1 saturated carbocycles. The van der Waals surface area contributed by atoms with Gasteiger partial charge in [-0.3, -0.25) is 14.7 Å². The van der Waals surface area contributed by atoms with Crippen LogP contribution in [0.5, 0.6) is 0 Å². The number of H-pyrrole nitrogens is 1. The lowest BCUT2D eigenvalue weighted by molar-refractivity contribution is -0.117. The van der Waals surface area contributed by atoms with Gasteiger partial charge in [0.1, 0.15) is 5.69 Å². The van der Waals surface area contributed by atoms with E-state index in [0.29, 0.717) is 23.7 Å². The number of nitrogens with one attached hydrogen (secondary N) is 3. The maximum absolute atomic E-state index is 12.0. The SMILES string of the molecule is CC(C)NC(=O)c1[nH]ncc1NC(=O)CC1CCCC1. The lowest BCUT2D eigenvalue weighted by Crippen LogP contribution is -2.31. The molecule has 110 valence electrons. The van der Waals surface area contributed by atoms with Crippen molar-refractivity contribution in [3.63, 3.8) is 0 Å². The van der Waals surface area contributed by atoms with Crippen molar-refractivity contribution in [2.24, 2.45) is 5.92 Å². The van der Waals surface area contributed by atoms with Gasteiger partial charge >= 0.3 is 0 Å². The number of anilines is 1. The number of hydrogen-bond acceptors (Lipinski definition) is 3. The van der Waals surface area contributed by atoms with E-state index < -0.39 is 0 Å². The van der Waals surface area contributed by atoms with Crippen molar-refractivity contribution in [3.8, 4) is 0 Å². The minimum Gasteiger partial charge on any atom is -0.348 e. The van der Waals surface area contributed by atoms with Crippen LogP contribution in [-0.4, -0.2) is 28.1 Å². The molecule has 2 rings (SSSR count). The van der Waals surface area contributed by atoms with Crippen molar-refractivity contribution in [2.75, 3.05) is 5.32 Å². The number of amides is 2. The first-order chi connectivity index (χ1) is 9.56. The molecule has 6 nitrogen and oxygen atoms in total. The van der Waals surface area contributed by atoms with Crippen molar-refractivity contribution >= 4 is 17.5 Å². The quantitative estimate of drug-likeness (QED) is 0.770. The Balaban J connectivity index is 1.93. The van der Waals surface area contributed by atoms with Crippen LogP contribution >= 0.6 is 0 Å². The molecule has 1 fully saturated rings. The fraction of sp³-hybridized carbons (Fsp3) is 0.643. The highest BCUT2D eigenvalue weighted by Crippen LogP contribution is 2.27. The van der Waals surface area contributed by atoms with Gasteiger partial charge in [0.05, 0.1) is 11.9 Å². The van der Waals surface area contributed by atoms with Crippen LogP contribution < -0.4 is 10.6 Å². The molecule has 1 heterocycles. The molecule has 0 bridgehead atoms. The van der Waals surface area contributed by atoms with Crippen LogP contribution in [0.3, 0.4) is 0 Å². The maximum Gasteiger partial charge on any atom is 0.271 e. The first-order valence-corrected chi connectivity index (χ1v) is 7.20. The second-order valence-electron chi connectivity index (χ2n) is 5.69. The highest BCUT2D eigenvalue weighted by molar-refractivity contribution is 6.02. The summed E-state index contributed by atoms with van der Waals surface area (Å²) < 4.78 is 0. The molecule has 20 heavy (non-hydrogen) atoms. The van der Waals surface area contributed by atoms with E-state index in [-0.39, 0.29) is 17.9 Å². The van der Waals surface area contributed by atoms with E-state index in [1.807, 2.05) is 13.8 Å². The number of carbonyl (C=O) groups excluding carboxylic acids is 2. The third kappa shape index (κ3) is 3.82. The molecule has 0 aliphatic heterocycles. The summed E-state index contributed by atoms with van der Waals surface area (Å²) in [6, 6.07) is 0.0350.